The smallest absolute Gasteiger partial charge is 0.478 e. The molecule has 0 heterocycles. The van der Waals surface area contributed by atoms with E-state index in [1.165, 1.54) is 0 Å². The Morgan fingerprint density at radius 3 is 0.875 bits per heavy atom. The van der Waals surface area contributed by atoms with E-state index in [0.717, 1.165) is 18.2 Å². The van der Waals surface area contributed by atoms with Gasteiger partial charge in [-0.15, -0.1) is 0 Å². The second-order valence-electron chi connectivity index (χ2n) is 3.16. The molecule has 0 saturated heterocycles. The summed E-state index contributed by atoms with van der Waals surface area (Å²) in [7, 11) is 0. The van der Waals surface area contributed by atoms with Gasteiger partial charge in [-0.25, -0.2) is 14.4 Å². The molecule has 0 aliphatic rings. The summed E-state index contributed by atoms with van der Waals surface area (Å²) >= 11 is 0. The molecule has 0 atom stereocenters. The largest absolute Gasteiger partial charge is 2.00 e. The quantitative estimate of drug-likeness (QED) is 0.356. The van der Waals surface area contributed by atoms with Gasteiger partial charge in [0, 0.05) is 0 Å². The van der Waals surface area contributed by atoms with Gasteiger partial charge in [-0.1, -0.05) is 0 Å². The molecule has 0 spiro atoms. The maximum atomic E-state index is 10.6. The first-order chi connectivity index (χ1) is 10.4. The third kappa shape index (κ3) is 13.5. The van der Waals surface area contributed by atoms with Gasteiger partial charge in [0.15, 0.2) is 0 Å². The Hall–Kier alpha value is -3.48. The number of nitrogens with zero attached hydrogens (tertiary/aromatic N) is 2. The summed E-state index contributed by atoms with van der Waals surface area (Å²) in [5.74, 6) is -4.12. The van der Waals surface area contributed by atoms with E-state index in [4.69, 9.17) is 46.0 Å². The fourth-order valence-corrected chi connectivity index (χ4v) is 0.998. The Bertz CT molecular complexity index is 532. The van der Waals surface area contributed by atoms with Crippen LogP contribution in [0.1, 0.15) is 31.1 Å². The summed E-state index contributed by atoms with van der Waals surface area (Å²) in [6, 6.07) is 2.70. The normalized spacial score (nSPS) is 8.00. The molecule has 3 N–H and O–H groups in total. The molecule has 1 aromatic carbocycles. The molecule has 0 aliphatic carbocycles. The molecule has 0 unspecified atom stereocenters. The van der Waals surface area contributed by atoms with Crippen molar-refractivity contribution in [2.75, 3.05) is 0 Å². The van der Waals surface area contributed by atoms with Crippen LogP contribution in [0, 0.1) is 30.6 Å². The van der Waals surface area contributed by atoms with Crippen molar-refractivity contribution in [1.29, 1.82) is 0 Å². The fraction of sp³-hybridized carbons (Fsp3) is 0. The van der Waals surface area contributed by atoms with Gasteiger partial charge >= 0.3 is 34.4 Å². The van der Waals surface area contributed by atoms with Gasteiger partial charge in [-0.3, -0.25) is 0 Å². The first kappa shape index (κ1) is 25.5. The number of carbonyl (C=O) groups is 3. The van der Waals surface area contributed by atoms with E-state index in [1.807, 2.05) is 0 Å². The average molecular weight is 393 g/mol. The fourth-order valence-electron chi connectivity index (χ4n) is 0.998. The molecule has 14 nitrogen and oxygen atoms in total. The standard InChI is InChI=1S/C9H6O6.2NO3.Ni/c10-7(11)4-1-5(8(12)13)3-6(2-4)9(14)15;2*2-1(3)4;/h1-3H,(H,10,11)(H,12,13)(H,14,15);;;/q;2*-1;+2. The molecule has 0 bridgehead atoms. The van der Waals surface area contributed by atoms with Crippen LogP contribution in [-0.4, -0.2) is 43.4 Å². The number of rotatable bonds is 3. The van der Waals surface area contributed by atoms with E-state index in [1.54, 1.807) is 0 Å². The minimum absolute atomic E-state index is 0. The van der Waals surface area contributed by atoms with Gasteiger partial charge in [-0.2, -0.15) is 0 Å². The molecule has 0 aliphatic heterocycles. The number of carboxylic acid groups (broad SMARTS) is 3. The zero-order chi connectivity index (χ0) is 18.7. The summed E-state index contributed by atoms with van der Waals surface area (Å²) in [4.78, 5) is 48.2. The average Bonchev–Trinajstić information content (AvgIpc) is 2.36. The zero-order valence-corrected chi connectivity index (χ0v) is 11.9. The van der Waals surface area contributed by atoms with Crippen LogP contribution in [0.5, 0.6) is 0 Å². The van der Waals surface area contributed by atoms with Gasteiger partial charge in [0.05, 0.1) is 26.9 Å². The zero-order valence-electron chi connectivity index (χ0n) is 11.0. The van der Waals surface area contributed by atoms with Crippen LogP contribution in [0.2, 0.25) is 0 Å². The van der Waals surface area contributed by atoms with E-state index in [0.29, 0.717) is 0 Å². The van der Waals surface area contributed by atoms with E-state index >= 15 is 0 Å². The number of carboxylic acids is 3. The number of hydrogen-bond acceptors (Lipinski definition) is 9. The molecular formula is C9H6N2NiO12. The Morgan fingerprint density at radius 1 is 0.667 bits per heavy atom. The number of aromatic carboxylic acids is 3. The summed E-state index contributed by atoms with van der Waals surface area (Å²) in [5, 5.41) is 55.3. The van der Waals surface area contributed by atoms with Gasteiger partial charge in [-0.05, 0) is 18.2 Å². The molecule has 0 aromatic heterocycles. The Balaban J connectivity index is -0.000000413. The minimum Gasteiger partial charge on any atom is -0.478 e. The molecule has 0 radical (unpaired) electrons. The van der Waals surface area contributed by atoms with Crippen LogP contribution >= 0.6 is 0 Å². The minimum atomic E-state index is -1.75. The van der Waals surface area contributed by atoms with Crippen LogP contribution in [0.3, 0.4) is 0 Å². The number of benzene rings is 1. The molecule has 15 heteroatoms. The van der Waals surface area contributed by atoms with Crippen LogP contribution in [0.15, 0.2) is 18.2 Å². The number of hydrogen-bond donors (Lipinski definition) is 3. The third-order valence-electron chi connectivity index (χ3n) is 1.67. The Kier molecular flexibility index (Phi) is 12.9. The Labute approximate surface area is 140 Å². The van der Waals surface area contributed by atoms with Gasteiger partial charge in [0.2, 0.25) is 0 Å². The van der Waals surface area contributed by atoms with Crippen LogP contribution < -0.4 is 0 Å². The molecule has 1 aromatic rings. The second kappa shape index (κ2) is 12.1. The molecule has 0 fully saturated rings. The van der Waals surface area contributed by atoms with Crippen molar-refractivity contribution in [2.45, 2.75) is 0 Å². The van der Waals surface area contributed by atoms with E-state index < -0.39 is 28.1 Å². The van der Waals surface area contributed by atoms with Gasteiger partial charge < -0.3 is 46.0 Å². The van der Waals surface area contributed by atoms with Crippen LogP contribution in [0.4, 0.5) is 0 Å². The van der Waals surface area contributed by atoms with Crippen molar-refractivity contribution in [2.24, 2.45) is 0 Å². The maximum Gasteiger partial charge on any atom is 2.00 e. The predicted octanol–water partition coefficient (Wildman–Crippen LogP) is 0.300. The van der Waals surface area contributed by atoms with E-state index in [-0.39, 0.29) is 33.2 Å². The molecular weight excluding hydrogens is 387 g/mol. The topological polar surface area (TPSA) is 244 Å². The molecule has 0 amide bonds. The van der Waals surface area contributed by atoms with Crippen molar-refractivity contribution >= 4 is 17.9 Å². The Morgan fingerprint density at radius 2 is 0.792 bits per heavy atom. The summed E-state index contributed by atoms with van der Waals surface area (Å²) in [6.07, 6.45) is 0. The first-order valence-electron chi connectivity index (χ1n) is 4.86. The van der Waals surface area contributed by atoms with E-state index in [2.05, 4.69) is 0 Å². The SMILES string of the molecule is O=C(O)c1cc(C(=O)O)cc(C(=O)O)c1.O=[N+]([O-])[O-].O=[N+]([O-])[O-].[Ni+2]. The first-order valence-corrected chi connectivity index (χ1v) is 4.86. The van der Waals surface area contributed by atoms with Crippen molar-refractivity contribution < 1.29 is 56.4 Å². The van der Waals surface area contributed by atoms with Gasteiger partial charge in [0.1, 0.15) is 0 Å². The van der Waals surface area contributed by atoms with Crippen molar-refractivity contribution in [1.82, 2.24) is 0 Å². The summed E-state index contributed by atoms with van der Waals surface area (Å²) in [6.45, 7) is 0. The van der Waals surface area contributed by atoms with Crippen molar-refractivity contribution in [3.63, 3.8) is 0 Å². The molecule has 134 valence electrons. The predicted molar refractivity (Wildman–Crippen MR) is 68.0 cm³/mol. The third-order valence-corrected chi connectivity index (χ3v) is 1.67. The van der Waals surface area contributed by atoms with Crippen molar-refractivity contribution in [3.05, 3.63) is 65.5 Å². The van der Waals surface area contributed by atoms with Crippen molar-refractivity contribution in [3.8, 4) is 0 Å². The van der Waals surface area contributed by atoms with Crippen LogP contribution in [0.25, 0.3) is 0 Å². The molecule has 1 rings (SSSR count). The molecule has 24 heavy (non-hydrogen) atoms. The van der Waals surface area contributed by atoms with E-state index in [9.17, 15) is 14.4 Å². The van der Waals surface area contributed by atoms with Gasteiger partial charge in [0.25, 0.3) is 0 Å². The maximum absolute atomic E-state index is 10.6. The van der Waals surface area contributed by atoms with Crippen LogP contribution in [-0.2, 0) is 16.5 Å². The molecule has 0 saturated carbocycles. The summed E-state index contributed by atoms with van der Waals surface area (Å²) < 4.78 is 0. The monoisotopic (exact) mass is 392 g/mol. The summed E-state index contributed by atoms with van der Waals surface area (Å²) in [5.41, 5.74) is -1.10. The second-order valence-corrected chi connectivity index (χ2v) is 3.16.